The molecule has 0 aromatic carbocycles. The maximum absolute atomic E-state index is 11.6. The normalized spacial score (nSPS) is 24.1. The Bertz CT molecular complexity index is 315. The summed E-state index contributed by atoms with van der Waals surface area (Å²) in [4.78, 5) is 24.3. The highest BCUT2D eigenvalue weighted by Crippen LogP contribution is 2.22. The van der Waals surface area contributed by atoms with E-state index < -0.39 is 0 Å². The molecule has 0 aromatic rings. The lowest BCUT2D eigenvalue weighted by Gasteiger charge is -2.13. The number of amides is 2. The smallest absolute Gasteiger partial charge is 0.236 e. The van der Waals surface area contributed by atoms with Crippen molar-refractivity contribution in [3.8, 4) is 0 Å². The zero-order chi connectivity index (χ0) is 10.7. The third-order valence-corrected chi connectivity index (χ3v) is 2.25. The van der Waals surface area contributed by atoms with Crippen molar-refractivity contribution >= 4 is 11.8 Å². The average Bonchev–Trinajstić information content (AvgIpc) is 2.38. The molecule has 0 radical (unpaired) electrons. The highest BCUT2D eigenvalue weighted by atomic mass is 16.2. The Morgan fingerprint density at radius 1 is 1.50 bits per heavy atom. The second kappa shape index (κ2) is 4.22. The van der Waals surface area contributed by atoms with E-state index in [0.717, 1.165) is 0 Å². The van der Waals surface area contributed by atoms with Crippen LogP contribution in [0.1, 0.15) is 27.2 Å². The molecule has 1 heterocycles. The first kappa shape index (κ1) is 10.7. The first-order valence-corrected chi connectivity index (χ1v) is 4.74. The van der Waals surface area contributed by atoms with Gasteiger partial charge in [0, 0.05) is 18.0 Å². The van der Waals surface area contributed by atoms with Crippen LogP contribution in [0.3, 0.4) is 0 Å². The lowest BCUT2D eigenvalue weighted by Crippen LogP contribution is -2.28. The largest absolute Gasteiger partial charge is 0.274 e. The van der Waals surface area contributed by atoms with Gasteiger partial charge in [0.15, 0.2) is 0 Å². The molecule has 0 saturated carbocycles. The van der Waals surface area contributed by atoms with Gasteiger partial charge in [-0.2, -0.15) is 0 Å². The van der Waals surface area contributed by atoms with Gasteiger partial charge in [0.05, 0.1) is 0 Å². The number of rotatable bonds is 2. The Hall–Kier alpha value is -1.38. The fourth-order valence-electron chi connectivity index (χ4n) is 1.46. The molecule has 1 saturated heterocycles. The van der Waals surface area contributed by atoms with E-state index in [9.17, 15) is 9.59 Å². The van der Waals surface area contributed by atoms with E-state index >= 15 is 0 Å². The zero-order valence-corrected chi connectivity index (χ0v) is 8.78. The van der Waals surface area contributed by atoms with Crippen LogP contribution in [0.2, 0.25) is 0 Å². The Kier molecular flexibility index (Phi) is 3.23. The number of hydrogen-bond acceptors (Lipinski definition) is 2. The van der Waals surface area contributed by atoms with Crippen LogP contribution in [0, 0.1) is 5.92 Å². The van der Waals surface area contributed by atoms with Crippen molar-refractivity contribution in [3.05, 3.63) is 23.9 Å². The van der Waals surface area contributed by atoms with E-state index in [1.54, 1.807) is 19.9 Å². The second-order valence-corrected chi connectivity index (χ2v) is 3.51. The Labute approximate surface area is 84.1 Å². The van der Waals surface area contributed by atoms with Crippen LogP contribution in [0.4, 0.5) is 0 Å². The van der Waals surface area contributed by atoms with Crippen molar-refractivity contribution in [2.45, 2.75) is 27.2 Å². The van der Waals surface area contributed by atoms with Crippen molar-refractivity contribution < 1.29 is 9.59 Å². The van der Waals surface area contributed by atoms with Gasteiger partial charge in [0.25, 0.3) is 0 Å². The van der Waals surface area contributed by atoms with E-state index in [2.05, 4.69) is 0 Å². The summed E-state index contributed by atoms with van der Waals surface area (Å²) >= 11 is 0. The Morgan fingerprint density at radius 2 is 2.14 bits per heavy atom. The summed E-state index contributed by atoms with van der Waals surface area (Å²) in [5, 5.41) is 0. The third-order valence-electron chi connectivity index (χ3n) is 2.25. The monoisotopic (exact) mass is 193 g/mol. The molecule has 1 atom stereocenters. The van der Waals surface area contributed by atoms with Gasteiger partial charge < -0.3 is 0 Å². The lowest BCUT2D eigenvalue weighted by atomic mass is 10.1. The average molecular weight is 193 g/mol. The summed E-state index contributed by atoms with van der Waals surface area (Å²) in [7, 11) is 0. The molecule has 14 heavy (non-hydrogen) atoms. The first-order valence-electron chi connectivity index (χ1n) is 4.74. The molecule has 1 aliphatic rings. The molecule has 3 heteroatoms. The number of likely N-dealkylation sites (tertiary alicyclic amines) is 1. The molecule has 1 fully saturated rings. The van der Waals surface area contributed by atoms with Crippen LogP contribution in [-0.2, 0) is 9.59 Å². The minimum atomic E-state index is -0.170. The van der Waals surface area contributed by atoms with Crippen molar-refractivity contribution in [2.24, 2.45) is 5.92 Å². The van der Waals surface area contributed by atoms with Gasteiger partial charge in [-0.25, -0.2) is 0 Å². The highest BCUT2D eigenvalue weighted by Gasteiger charge is 2.36. The third kappa shape index (κ3) is 1.92. The number of nitrogens with zero attached hydrogens (tertiary/aromatic N) is 1. The number of carbonyl (C=O) groups excluding carboxylic acids is 2. The summed E-state index contributed by atoms with van der Waals surface area (Å²) in [6.07, 6.45) is 5.78. The SMILES string of the molecule is C/C=C\C=C(/C)N1C(=O)CC(C)C1=O. The molecule has 3 nitrogen and oxygen atoms in total. The zero-order valence-electron chi connectivity index (χ0n) is 8.78. The van der Waals surface area contributed by atoms with Gasteiger partial charge in [-0.3, -0.25) is 14.5 Å². The highest BCUT2D eigenvalue weighted by molar-refractivity contribution is 6.05. The molecule has 0 bridgehead atoms. The van der Waals surface area contributed by atoms with Crippen LogP contribution in [-0.4, -0.2) is 16.7 Å². The summed E-state index contributed by atoms with van der Waals surface area (Å²) in [5.41, 5.74) is 0.697. The molecule has 1 aliphatic heterocycles. The van der Waals surface area contributed by atoms with E-state index in [1.807, 2.05) is 19.1 Å². The van der Waals surface area contributed by atoms with Crippen LogP contribution >= 0.6 is 0 Å². The quantitative estimate of drug-likeness (QED) is 0.496. The van der Waals surface area contributed by atoms with Crippen LogP contribution in [0.15, 0.2) is 23.9 Å². The molecule has 1 rings (SSSR count). The number of imide groups is 1. The lowest BCUT2D eigenvalue weighted by molar-refractivity contribution is -0.136. The van der Waals surface area contributed by atoms with Crippen LogP contribution < -0.4 is 0 Å². The standard InChI is InChI=1S/C11H15NO2/c1-4-5-6-9(3)12-10(13)7-8(2)11(12)14/h4-6,8H,7H2,1-3H3/b5-4-,9-6+. The molecule has 0 spiro atoms. The van der Waals surface area contributed by atoms with Crippen molar-refractivity contribution in [1.82, 2.24) is 4.90 Å². The number of carbonyl (C=O) groups is 2. The molecule has 76 valence electrons. The predicted molar refractivity (Wildman–Crippen MR) is 54.2 cm³/mol. The molecule has 0 aliphatic carbocycles. The number of allylic oxidation sites excluding steroid dienone is 4. The fourth-order valence-corrected chi connectivity index (χ4v) is 1.46. The van der Waals surface area contributed by atoms with E-state index in [0.29, 0.717) is 12.1 Å². The van der Waals surface area contributed by atoms with Crippen LogP contribution in [0.25, 0.3) is 0 Å². The molecular formula is C11H15NO2. The van der Waals surface area contributed by atoms with E-state index in [4.69, 9.17) is 0 Å². The topological polar surface area (TPSA) is 37.4 Å². The Morgan fingerprint density at radius 3 is 2.57 bits per heavy atom. The van der Waals surface area contributed by atoms with E-state index in [-0.39, 0.29) is 17.7 Å². The summed E-state index contributed by atoms with van der Waals surface area (Å²) in [5.74, 6) is -0.356. The minimum Gasteiger partial charge on any atom is -0.274 e. The van der Waals surface area contributed by atoms with Crippen molar-refractivity contribution in [1.29, 1.82) is 0 Å². The van der Waals surface area contributed by atoms with Crippen molar-refractivity contribution in [2.75, 3.05) is 0 Å². The molecule has 0 aromatic heterocycles. The fraction of sp³-hybridized carbons (Fsp3) is 0.455. The minimum absolute atomic E-state index is 0.0896. The maximum Gasteiger partial charge on any atom is 0.236 e. The number of hydrogen-bond donors (Lipinski definition) is 0. The van der Waals surface area contributed by atoms with Gasteiger partial charge in [-0.1, -0.05) is 19.1 Å². The van der Waals surface area contributed by atoms with Gasteiger partial charge in [0.2, 0.25) is 11.8 Å². The van der Waals surface area contributed by atoms with E-state index in [1.165, 1.54) is 4.90 Å². The predicted octanol–water partition coefficient (Wildman–Crippen LogP) is 1.86. The van der Waals surface area contributed by atoms with Crippen LogP contribution in [0.5, 0.6) is 0 Å². The van der Waals surface area contributed by atoms with Gasteiger partial charge >= 0.3 is 0 Å². The second-order valence-electron chi connectivity index (χ2n) is 3.51. The van der Waals surface area contributed by atoms with Gasteiger partial charge in [0.1, 0.15) is 0 Å². The summed E-state index contributed by atoms with van der Waals surface area (Å²) in [6.45, 7) is 5.44. The molecular weight excluding hydrogens is 178 g/mol. The molecule has 1 unspecified atom stereocenters. The van der Waals surface area contributed by atoms with Gasteiger partial charge in [-0.15, -0.1) is 0 Å². The first-order chi connectivity index (χ1) is 6.57. The molecule has 2 amide bonds. The van der Waals surface area contributed by atoms with Crippen molar-refractivity contribution in [3.63, 3.8) is 0 Å². The summed E-state index contributed by atoms with van der Waals surface area (Å²) < 4.78 is 0. The van der Waals surface area contributed by atoms with Gasteiger partial charge in [-0.05, 0) is 19.9 Å². The summed E-state index contributed by atoms with van der Waals surface area (Å²) in [6, 6.07) is 0. The Balaban J connectivity index is 2.87. The maximum atomic E-state index is 11.6. The molecule has 0 N–H and O–H groups in total.